The number of hydrogen-bond acceptors (Lipinski definition) is 3. The third-order valence-corrected chi connectivity index (χ3v) is 5.51. The predicted molar refractivity (Wildman–Crippen MR) is 91.3 cm³/mol. The van der Waals surface area contributed by atoms with Crippen LogP contribution >= 0.6 is 15.9 Å². The summed E-state index contributed by atoms with van der Waals surface area (Å²) in [6.45, 7) is 0. The SMILES string of the molecule is O=C([O-])c1ccc([C@@H]2Nc3c(Br)cccc3[C@H]3C=CC[C@@H]32)cc1. The molecule has 0 amide bonds. The molecule has 0 radical (unpaired) electrons. The van der Waals surface area contributed by atoms with Crippen molar-refractivity contribution in [3.05, 3.63) is 75.8 Å². The number of carbonyl (C=O) groups is 1. The van der Waals surface area contributed by atoms with E-state index >= 15 is 0 Å². The largest absolute Gasteiger partial charge is 0.545 e. The molecule has 4 heteroatoms. The van der Waals surface area contributed by atoms with Crippen LogP contribution in [0.2, 0.25) is 0 Å². The zero-order valence-electron chi connectivity index (χ0n) is 12.3. The number of aromatic carboxylic acids is 1. The monoisotopic (exact) mass is 368 g/mol. The number of carbonyl (C=O) groups excluding carboxylic acids is 1. The molecule has 2 aliphatic rings. The second-order valence-corrected chi connectivity index (χ2v) is 6.94. The molecule has 0 spiro atoms. The van der Waals surface area contributed by atoms with Crippen molar-refractivity contribution in [3.63, 3.8) is 0 Å². The lowest BCUT2D eigenvalue weighted by Crippen LogP contribution is -2.29. The summed E-state index contributed by atoms with van der Waals surface area (Å²) in [5, 5.41) is 14.6. The number of anilines is 1. The molecule has 1 N–H and O–H groups in total. The van der Waals surface area contributed by atoms with Crippen LogP contribution in [0.1, 0.15) is 39.9 Å². The number of nitrogens with one attached hydrogen (secondary N) is 1. The van der Waals surface area contributed by atoms with E-state index in [9.17, 15) is 9.90 Å². The maximum Gasteiger partial charge on any atom is 0.0715 e. The van der Waals surface area contributed by atoms with Gasteiger partial charge in [0.05, 0.1) is 17.7 Å². The number of carboxylic acid groups (broad SMARTS) is 1. The van der Waals surface area contributed by atoms with Crippen LogP contribution in [0.15, 0.2) is 59.1 Å². The van der Waals surface area contributed by atoms with E-state index < -0.39 is 5.97 Å². The Morgan fingerprint density at radius 1 is 1.17 bits per heavy atom. The molecule has 1 aliphatic heterocycles. The van der Waals surface area contributed by atoms with Crippen molar-refractivity contribution in [2.75, 3.05) is 5.32 Å². The van der Waals surface area contributed by atoms with Crippen LogP contribution in [0.3, 0.4) is 0 Å². The number of benzene rings is 2. The standard InChI is InChI=1S/C19H16BrNO2/c20-16-6-2-5-15-13-3-1-4-14(13)17(21-18(15)16)11-7-9-12(10-8-11)19(22)23/h1-3,5-10,13-14,17,21H,4H2,(H,22,23)/p-1/t13-,14-,17-/m0/s1. The molecule has 2 aromatic rings. The second kappa shape index (κ2) is 5.53. The van der Waals surface area contributed by atoms with E-state index in [0.717, 1.165) is 22.1 Å². The van der Waals surface area contributed by atoms with Gasteiger partial charge in [-0.25, -0.2) is 0 Å². The smallest absolute Gasteiger partial charge is 0.0715 e. The van der Waals surface area contributed by atoms with Gasteiger partial charge in [0.2, 0.25) is 0 Å². The van der Waals surface area contributed by atoms with Gasteiger partial charge in [0.1, 0.15) is 0 Å². The highest BCUT2D eigenvalue weighted by atomic mass is 79.9. The van der Waals surface area contributed by atoms with Gasteiger partial charge < -0.3 is 15.2 Å². The number of fused-ring (bicyclic) bond motifs is 3. The lowest BCUT2D eigenvalue weighted by molar-refractivity contribution is -0.255. The molecule has 23 heavy (non-hydrogen) atoms. The first-order valence-electron chi connectivity index (χ1n) is 7.68. The van der Waals surface area contributed by atoms with E-state index in [0.29, 0.717) is 11.8 Å². The molecule has 0 bridgehead atoms. The van der Waals surface area contributed by atoms with Crippen LogP contribution < -0.4 is 10.4 Å². The number of allylic oxidation sites excluding steroid dienone is 2. The van der Waals surface area contributed by atoms with E-state index in [1.54, 1.807) is 12.1 Å². The topological polar surface area (TPSA) is 52.2 Å². The summed E-state index contributed by atoms with van der Waals surface area (Å²) < 4.78 is 1.06. The summed E-state index contributed by atoms with van der Waals surface area (Å²) >= 11 is 3.64. The Morgan fingerprint density at radius 3 is 2.70 bits per heavy atom. The second-order valence-electron chi connectivity index (χ2n) is 6.09. The minimum atomic E-state index is -1.14. The van der Waals surface area contributed by atoms with E-state index in [1.807, 2.05) is 18.2 Å². The van der Waals surface area contributed by atoms with Crippen LogP contribution in [0.5, 0.6) is 0 Å². The van der Waals surface area contributed by atoms with E-state index in [2.05, 4.69) is 45.5 Å². The number of hydrogen-bond donors (Lipinski definition) is 1. The molecule has 1 heterocycles. The Bertz CT molecular complexity index is 798. The summed E-state index contributed by atoms with van der Waals surface area (Å²) in [4.78, 5) is 10.9. The van der Waals surface area contributed by atoms with Gasteiger partial charge in [-0.05, 0) is 51.0 Å². The Morgan fingerprint density at radius 2 is 1.96 bits per heavy atom. The van der Waals surface area contributed by atoms with E-state index in [4.69, 9.17) is 0 Å². The first kappa shape index (κ1) is 14.5. The van der Waals surface area contributed by atoms with Gasteiger partial charge in [0, 0.05) is 10.4 Å². The molecule has 3 atom stereocenters. The fourth-order valence-electron chi connectivity index (χ4n) is 3.74. The van der Waals surface area contributed by atoms with Gasteiger partial charge in [-0.15, -0.1) is 0 Å². The average molecular weight is 369 g/mol. The summed E-state index contributed by atoms with van der Waals surface area (Å²) in [5.74, 6) is -0.290. The molecular formula is C19H15BrNO2-. The molecule has 0 saturated heterocycles. The molecule has 2 aromatic carbocycles. The van der Waals surface area contributed by atoms with Crippen molar-refractivity contribution in [1.29, 1.82) is 0 Å². The summed E-state index contributed by atoms with van der Waals surface area (Å²) in [6.07, 6.45) is 5.56. The minimum Gasteiger partial charge on any atom is -0.545 e. The predicted octanol–water partition coefficient (Wildman–Crippen LogP) is 3.64. The number of rotatable bonds is 2. The zero-order valence-corrected chi connectivity index (χ0v) is 13.9. The Kier molecular flexibility index (Phi) is 3.49. The molecule has 0 unspecified atom stereocenters. The fraction of sp³-hybridized carbons (Fsp3) is 0.211. The maximum atomic E-state index is 10.9. The van der Waals surface area contributed by atoms with Crippen molar-refractivity contribution in [3.8, 4) is 0 Å². The van der Waals surface area contributed by atoms with Crippen LogP contribution in [-0.4, -0.2) is 5.97 Å². The molecule has 0 saturated carbocycles. The van der Waals surface area contributed by atoms with Gasteiger partial charge in [-0.3, -0.25) is 0 Å². The lowest BCUT2D eigenvalue weighted by atomic mass is 9.77. The number of carboxylic acids is 1. The zero-order chi connectivity index (χ0) is 16.0. The van der Waals surface area contributed by atoms with E-state index in [-0.39, 0.29) is 11.6 Å². The van der Waals surface area contributed by atoms with Gasteiger partial charge in [0.25, 0.3) is 0 Å². The lowest BCUT2D eigenvalue weighted by Gasteiger charge is -2.38. The van der Waals surface area contributed by atoms with Crippen molar-refractivity contribution in [2.45, 2.75) is 18.4 Å². The van der Waals surface area contributed by atoms with Gasteiger partial charge >= 0.3 is 0 Å². The third kappa shape index (κ3) is 2.38. The molecule has 0 fully saturated rings. The van der Waals surface area contributed by atoms with Crippen LogP contribution in [0.4, 0.5) is 5.69 Å². The average Bonchev–Trinajstić information content (AvgIpc) is 3.04. The van der Waals surface area contributed by atoms with Crippen molar-refractivity contribution >= 4 is 27.6 Å². The highest BCUT2D eigenvalue weighted by molar-refractivity contribution is 9.10. The quantitative estimate of drug-likeness (QED) is 0.823. The van der Waals surface area contributed by atoms with Crippen LogP contribution in [-0.2, 0) is 0 Å². The highest BCUT2D eigenvalue weighted by Crippen LogP contribution is 2.51. The van der Waals surface area contributed by atoms with Gasteiger partial charge in [-0.1, -0.05) is 48.6 Å². The maximum absolute atomic E-state index is 10.9. The number of halogens is 1. The molecule has 116 valence electrons. The van der Waals surface area contributed by atoms with Crippen molar-refractivity contribution in [2.24, 2.45) is 5.92 Å². The first-order valence-corrected chi connectivity index (χ1v) is 8.47. The first-order chi connectivity index (χ1) is 11.1. The van der Waals surface area contributed by atoms with Crippen LogP contribution in [0, 0.1) is 5.92 Å². The van der Waals surface area contributed by atoms with Gasteiger partial charge in [0.15, 0.2) is 0 Å². The van der Waals surface area contributed by atoms with E-state index in [1.165, 1.54) is 5.56 Å². The number of para-hydroxylation sites is 1. The normalized spacial score (nSPS) is 24.7. The van der Waals surface area contributed by atoms with Gasteiger partial charge in [-0.2, -0.15) is 0 Å². The molecule has 3 nitrogen and oxygen atoms in total. The Balaban J connectivity index is 1.75. The van der Waals surface area contributed by atoms with Crippen LogP contribution in [0.25, 0.3) is 0 Å². The Labute approximate surface area is 143 Å². The fourth-order valence-corrected chi connectivity index (χ4v) is 4.24. The third-order valence-electron chi connectivity index (χ3n) is 4.85. The summed E-state index contributed by atoms with van der Waals surface area (Å²) in [5.41, 5.74) is 3.78. The molecule has 4 rings (SSSR count). The molecule has 0 aromatic heterocycles. The molecule has 1 aliphatic carbocycles. The summed E-state index contributed by atoms with van der Waals surface area (Å²) in [6, 6.07) is 13.5. The Hall–Kier alpha value is -2.07. The summed E-state index contributed by atoms with van der Waals surface area (Å²) in [7, 11) is 0. The molecular weight excluding hydrogens is 354 g/mol. The van der Waals surface area contributed by atoms with Crippen molar-refractivity contribution < 1.29 is 9.90 Å². The highest BCUT2D eigenvalue weighted by Gasteiger charge is 2.38. The minimum absolute atomic E-state index is 0.164. The van der Waals surface area contributed by atoms with Crippen molar-refractivity contribution in [1.82, 2.24) is 0 Å².